The second-order valence-electron chi connectivity index (χ2n) is 5.03. The molecule has 0 aliphatic carbocycles. The van der Waals surface area contributed by atoms with Crippen molar-refractivity contribution >= 4 is 23.2 Å². The van der Waals surface area contributed by atoms with Crippen LogP contribution >= 0.6 is 0 Å². The molecular formula is C15H23N3O2. The van der Waals surface area contributed by atoms with E-state index in [-0.39, 0.29) is 11.8 Å². The minimum absolute atomic E-state index is 0.00106. The van der Waals surface area contributed by atoms with E-state index in [0.717, 1.165) is 18.5 Å². The maximum absolute atomic E-state index is 11.8. The summed E-state index contributed by atoms with van der Waals surface area (Å²) in [5.74, 6) is 0.352. The van der Waals surface area contributed by atoms with E-state index in [9.17, 15) is 9.59 Å². The monoisotopic (exact) mass is 277 g/mol. The molecule has 0 fully saturated rings. The van der Waals surface area contributed by atoms with Crippen molar-refractivity contribution in [1.29, 1.82) is 0 Å². The van der Waals surface area contributed by atoms with E-state index < -0.39 is 0 Å². The van der Waals surface area contributed by atoms with Gasteiger partial charge in [-0.15, -0.1) is 0 Å². The molecule has 1 aromatic carbocycles. The van der Waals surface area contributed by atoms with Gasteiger partial charge in [-0.1, -0.05) is 6.92 Å². The van der Waals surface area contributed by atoms with Gasteiger partial charge in [-0.25, -0.2) is 0 Å². The first-order valence-corrected chi connectivity index (χ1v) is 6.89. The number of benzene rings is 1. The molecule has 1 rings (SSSR count). The van der Waals surface area contributed by atoms with Crippen LogP contribution in [0.2, 0.25) is 0 Å². The molecule has 0 aliphatic rings. The van der Waals surface area contributed by atoms with Crippen molar-refractivity contribution < 1.29 is 9.59 Å². The fourth-order valence-electron chi connectivity index (χ4n) is 1.87. The zero-order valence-corrected chi connectivity index (χ0v) is 12.1. The molecule has 5 heteroatoms. The van der Waals surface area contributed by atoms with Crippen LogP contribution in [0.4, 0.5) is 11.4 Å². The van der Waals surface area contributed by atoms with Gasteiger partial charge in [0, 0.05) is 24.7 Å². The molecule has 4 N–H and O–H groups in total. The van der Waals surface area contributed by atoms with Gasteiger partial charge < -0.3 is 16.4 Å². The van der Waals surface area contributed by atoms with Gasteiger partial charge in [0.1, 0.15) is 0 Å². The molecule has 0 heterocycles. The Labute approximate surface area is 119 Å². The minimum atomic E-state index is -0.115. The topological polar surface area (TPSA) is 84.2 Å². The minimum Gasteiger partial charge on any atom is -0.330 e. The molecular weight excluding hydrogens is 254 g/mol. The summed E-state index contributed by atoms with van der Waals surface area (Å²) in [4.78, 5) is 22.7. The summed E-state index contributed by atoms with van der Waals surface area (Å²) < 4.78 is 0. The number of carbonyl (C=O) groups is 2. The van der Waals surface area contributed by atoms with Crippen molar-refractivity contribution in [2.24, 2.45) is 11.7 Å². The summed E-state index contributed by atoms with van der Waals surface area (Å²) in [6.45, 7) is 4.22. The van der Waals surface area contributed by atoms with Crippen LogP contribution in [0, 0.1) is 5.92 Å². The highest BCUT2D eigenvalue weighted by Gasteiger charge is 2.06. The Morgan fingerprint density at radius 3 is 2.15 bits per heavy atom. The molecule has 0 bridgehead atoms. The van der Waals surface area contributed by atoms with Gasteiger partial charge in [-0.3, -0.25) is 9.59 Å². The van der Waals surface area contributed by atoms with Gasteiger partial charge in [0.15, 0.2) is 0 Å². The molecule has 1 aromatic rings. The average Bonchev–Trinajstić information content (AvgIpc) is 2.38. The van der Waals surface area contributed by atoms with Gasteiger partial charge in [0.25, 0.3) is 0 Å². The molecule has 0 aliphatic heterocycles. The second-order valence-corrected chi connectivity index (χ2v) is 5.03. The first-order chi connectivity index (χ1) is 9.51. The lowest BCUT2D eigenvalue weighted by atomic mass is 10.0. The summed E-state index contributed by atoms with van der Waals surface area (Å²) in [6.07, 6.45) is 2.28. The van der Waals surface area contributed by atoms with Crippen molar-refractivity contribution in [3.8, 4) is 0 Å². The Hall–Kier alpha value is -1.88. The number of nitrogens with two attached hydrogens (primary N) is 1. The number of rotatable bonds is 7. The predicted octanol–water partition coefficient (Wildman–Crippen LogP) is 2.35. The van der Waals surface area contributed by atoms with Crippen LogP contribution in [0.5, 0.6) is 0 Å². The fraction of sp³-hybridized carbons (Fsp3) is 0.467. The third kappa shape index (κ3) is 6.33. The van der Waals surface area contributed by atoms with Crippen LogP contribution in [0.3, 0.4) is 0 Å². The number of anilines is 2. The van der Waals surface area contributed by atoms with Gasteiger partial charge >= 0.3 is 0 Å². The van der Waals surface area contributed by atoms with E-state index in [2.05, 4.69) is 17.6 Å². The molecule has 0 spiro atoms. The molecule has 5 nitrogen and oxygen atoms in total. The Balaban J connectivity index is 2.40. The summed E-state index contributed by atoms with van der Waals surface area (Å²) in [6, 6.07) is 7.06. The van der Waals surface area contributed by atoms with E-state index in [0.29, 0.717) is 24.6 Å². The maximum atomic E-state index is 11.8. The van der Waals surface area contributed by atoms with Crippen molar-refractivity contribution in [2.75, 3.05) is 17.2 Å². The lowest BCUT2D eigenvalue weighted by Crippen LogP contribution is -2.14. The number of hydrogen-bond donors (Lipinski definition) is 3. The smallest absolute Gasteiger partial charge is 0.224 e. The van der Waals surface area contributed by atoms with Crippen LogP contribution in [0.25, 0.3) is 0 Å². The maximum Gasteiger partial charge on any atom is 0.224 e. The number of amides is 2. The Morgan fingerprint density at radius 1 is 1.10 bits per heavy atom. The molecule has 1 unspecified atom stereocenters. The Morgan fingerprint density at radius 2 is 1.65 bits per heavy atom. The van der Waals surface area contributed by atoms with Gasteiger partial charge in [-0.2, -0.15) is 0 Å². The highest BCUT2D eigenvalue weighted by molar-refractivity contribution is 5.92. The summed E-state index contributed by atoms with van der Waals surface area (Å²) in [5, 5.41) is 5.51. The summed E-state index contributed by atoms with van der Waals surface area (Å²) in [5.41, 5.74) is 6.92. The van der Waals surface area contributed by atoms with Gasteiger partial charge in [0.05, 0.1) is 0 Å². The van der Waals surface area contributed by atoms with E-state index in [1.54, 1.807) is 24.3 Å². The van der Waals surface area contributed by atoms with E-state index >= 15 is 0 Å². The van der Waals surface area contributed by atoms with Crippen LogP contribution in [-0.2, 0) is 9.59 Å². The van der Waals surface area contributed by atoms with Crippen LogP contribution in [0.15, 0.2) is 24.3 Å². The molecule has 20 heavy (non-hydrogen) atoms. The zero-order chi connectivity index (χ0) is 15.0. The van der Waals surface area contributed by atoms with Crippen LogP contribution in [-0.4, -0.2) is 18.4 Å². The van der Waals surface area contributed by atoms with Crippen molar-refractivity contribution in [3.05, 3.63) is 24.3 Å². The largest absolute Gasteiger partial charge is 0.330 e. The molecule has 0 radical (unpaired) electrons. The molecule has 0 saturated heterocycles. The SMILES string of the molecule is CC(=O)Nc1ccc(NC(=O)CCC(C)CCN)cc1. The van der Waals surface area contributed by atoms with Gasteiger partial charge in [0.2, 0.25) is 11.8 Å². The Bertz CT molecular complexity index is 443. The van der Waals surface area contributed by atoms with E-state index in [4.69, 9.17) is 5.73 Å². The summed E-state index contributed by atoms with van der Waals surface area (Å²) in [7, 11) is 0. The van der Waals surface area contributed by atoms with Crippen molar-refractivity contribution in [3.63, 3.8) is 0 Å². The second kappa shape index (κ2) is 8.32. The van der Waals surface area contributed by atoms with E-state index in [1.807, 2.05) is 0 Å². The first-order valence-electron chi connectivity index (χ1n) is 6.89. The quantitative estimate of drug-likeness (QED) is 0.715. The average molecular weight is 277 g/mol. The fourth-order valence-corrected chi connectivity index (χ4v) is 1.87. The molecule has 0 saturated carbocycles. The lowest BCUT2D eigenvalue weighted by Gasteiger charge is -2.10. The van der Waals surface area contributed by atoms with Crippen LogP contribution in [0.1, 0.15) is 33.1 Å². The predicted molar refractivity (Wildman–Crippen MR) is 81.4 cm³/mol. The number of hydrogen-bond acceptors (Lipinski definition) is 3. The lowest BCUT2D eigenvalue weighted by molar-refractivity contribution is -0.116. The third-order valence-corrected chi connectivity index (χ3v) is 3.01. The third-order valence-electron chi connectivity index (χ3n) is 3.01. The van der Waals surface area contributed by atoms with Crippen molar-refractivity contribution in [1.82, 2.24) is 0 Å². The molecule has 2 amide bonds. The summed E-state index contributed by atoms with van der Waals surface area (Å²) >= 11 is 0. The number of carbonyl (C=O) groups excluding carboxylic acids is 2. The standard InChI is InChI=1S/C15H23N3O2/c1-11(9-10-16)3-8-15(20)18-14-6-4-13(5-7-14)17-12(2)19/h4-7,11H,3,8-10,16H2,1-2H3,(H,17,19)(H,18,20). The van der Waals surface area contributed by atoms with Gasteiger partial charge in [-0.05, 0) is 49.6 Å². The highest BCUT2D eigenvalue weighted by Crippen LogP contribution is 2.15. The van der Waals surface area contributed by atoms with Crippen LogP contribution < -0.4 is 16.4 Å². The number of nitrogens with one attached hydrogen (secondary N) is 2. The molecule has 1 atom stereocenters. The van der Waals surface area contributed by atoms with E-state index in [1.165, 1.54) is 6.92 Å². The zero-order valence-electron chi connectivity index (χ0n) is 12.1. The normalized spacial score (nSPS) is 11.8. The first kappa shape index (κ1) is 16.2. The molecule has 110 valence electrons. The van der Waals surface area contributed by atoms with Crippen molar-refractivity contribution in [2.45, 2.75) is 33.1 Å². The Kier molecular flexibility index (Phi) is 6.73. The highest BCUT2D eigenvalue weighted by atomic mass is 16.2. The molecule has 0 aromatic heterocycles.